The summed E-state index contributed by atoms with van der Waals surface area (Å²) in [5, 5.41) is 0. The van der Waals surface area contributed by atoms with E-state index in [1.165, 1.54) is 50.1 Å². The second kappa shape index (κ2) is 23.8. The van der Waals surface area contributed by atoms with Crippen molar-refractivity contribution in [1.82, 2.24) is 0 Å². The molecule has 0 aliphatic carbocycles. The predicted molar refractivity (Wildman–Crippen MR) is 325 cm³/mol. The zero-order chi connectivity index (χ0) is 53.6. The Morgan fingerprint density at radius 2 is 0.395 bits per heavy atom. The molecule has 0 unspecified atom stereocenters. The van der Waals surface area contributed by atoms with Gasteiger partial charge >= 0.3 is 8.60 Å². The number of rotatable bonds is 18. The Morgan fingerprint density at radius 3 is 0.618 bits per heavy atom. The maximum Gasteiger partial charge on any atom is 0.530 e. The van der Waals surface area contributed by atoms with Crippen molar-refractivity contribution in [2.75, 3.05) is 0 Å². The van der Waals surface area contributed by atoms with Gasteiger partial charge in [0.15, 0.2) is 0 Å². The van der Waals surface area contributed by atoms with Crippen LogP contribution in [0.1, 0.15) is 152 Å². The molecule has 0 fully saturated rings. The second-order valence-electron chi connectivity index (χ2n) is 22.0. The van der Waals surface area contributed by atoms with E-state index in [0.29, 0.717) is 35.0 Å². The number of hydrogen-bond donors (Lipinski definition) is 0. The second-order valence-corrected chi connectivity index (χ2v) is 23.0. The summed E-state index contributed by atoms with van der Waals surface area (Å²) in [6.07, 6.45) is 0. The molecule has 0 aromatic heterocycles. The highest BCUT2D eigenvalue weighted by atomic mass is 31.2. The largest absolute Gasteiger partial charge is 0.530 e. The van der Waals surface area contributed by atoms with E-state index in [9.17, 15) is 0 Å². The topological polar surface area (TPSA) is 27.7 Å². The van der Waals surface area contributed by atoms with E-state index in [4.69, 9.17) is 13.6 Å². The predicted octanol–water partition coefficient (Wildman–Crippen LogP) is 22.2. The van der Waals surface area contributed by atoms with Crippen LogP contribution in [0.15, 0.2) is 200 Å². The summed E-state index contributed by atoms with van der Waals surface area (Å²) in [7, 11) is -2.29. The van der Waals surface area contributed by atoms with Crippen molar-refractivity contribution in [3.63, 3.8) is 0 Å². The van der Waals surface area contributed by atoms with Crippen LogP contribution in [0.2, 0.25) is 0 Å². The van der Waals surface area contributed by atoms with E-state index in [2.05, 4.69) is 283 Å². The van der Waals surface area contributed by atoms with Crippen molar-refractivity contribution in [3.05, 3.63) is 234 Å². The average molecular weight is 1020 g/mol. The molecular weight excluding hydrogens is 944 g/mol. The summed E-state index contributed by atoms with van der Waals surface area (Å²) in [5.74, 6) is 3.66. The minimum atomic E-state index is -2.29. The quantitative estimate of drug-likeness (QED) is 0.0802. The van der Waals surface area contributed by atoms with Crippen LogP contribution in [-0.4, -0.2) is 0 Å². The first-order valence-corrected chi connectivity index (χ1v) is 28.6. The molecule has 4 heteroatoms. The third kappa shape index (κ3) is 11.2. The van der Waals surface area contributed by atoms with Gasteiger partial charge in [-0.1, -0.05) is 265 Å². The average Bonchev–Trinajstić information content (AvgIpc) is 3.42. The third-order valence-electron chi connectivity index (χ3n) is 14.8. The Morgan fingerprint density at radius 1 is 0.211 bits per heavy atom. The first-order valence-electron chi connectivity index (χ1n) is 27.5. The molecule has 0 N–H and O–H groups in total. The molecule has 0 aliphatic rings. The van der Waals surface area contributed by atoms with E-state index in [0.717, 1.165) is 50.1 Å². The Hall–Kier alpha value is -7.19. The van der Waals surface area contributed by atoms with Crippen LogP contribution in [0.3, 0.4) is 0 Å². The molecule has 76 heavy (non-hydrogen) atoms. The fourth-order valence-corrected chi connectivity index (χ4v) is 12.1. The van der Waals surface area contributed by atoms with Gasteiger partial charge < -0.3 is 13.6 Å². The minimum Gasteiger partial charge on any atom is -0.408 e. The van der Waals surface area contributed by atoms with Gasteiger partial charge in [-0.15, -0.1) is 0 Å². The zero-order valence-electron chi connectivity index (χ0n) is 46.7. The molecule has 0 spiro atoms. The Bertz CT molecular complexity index is 3090. The van der Waals surface area contributed by atoms with Crippen LogP contribution in [0.5, 0.6) is 17.2 Å². The van der Waals surface area contributed by atoms with Crippen molar-refractivity contribution in [2.45, 2.75) is 119 Å². The minimum absolute atomic E-state index is 0.242. The lowest BCUT2D eigenvalue weighted by Gasteiger charge is -2.27. The van der Waals surface area contributed by atoms with Crippen LogP contribution < -0.4 is 13.6 Å². The van der Waals surface area contributed by atoms with Gasteiger partial charge in [-0.25, -0.2) is 0 Å². The van der Waals surface area contributed by atoms with Crippen LogP contribution in [0.4, 0.5) is 0 Å². The highest BCUT2D eigenvalue weighted by Gasteiger charge is 2.31. The lowest BCUT2D eigenvalue weighted by atomic mass is 9.85. The summed E-state index contributed by atoms with van der Waals surface area (Å²) < 4.78 is 23.0. The molecule has 0 atom stereocenters. The van der Waals surface area contributed by atoms with E-state index in [1.54, 1.807) is 0 Å². The van der Waals surface area contributed by atoms with Gasteiger partial charge in [-0.3, -0.25) is 0 Å². The monoisotopic (exact) mass is 1020 g/mol. The smallest absolute Gasteiger partial charge is 0.408 e. The molecule has 0 amide bonds. The highest BCUT2D eigenvalue weighted by molar-refractivity contribution is 7.43. The normalized spacial score (nSPS) is 11.7. The van der Waals surface area contributed by atoms with Crippen molar-refractivity contribution < 1.29 is 13.6 Å². The molecule has 386 valence electrons. The standard InChI is InChI=1S/C72H75O3P/c1-46(2)52-28-13-19-34-58(52)64-40-25-43-67(70(64)61-37-22-16-31-55(61)49(7)8)73-76(74-68-44-26-41-65(59-35-20-14-29-53(59)47(3)4)71(68)62-38-23-17-32-56(62)50(9)10)75-69-45-27-42-66(60-36-21-15-30-54(60)48(5)6)72(69)63-39-24-18-33-57(63)51(11)12/h13-51H,1-12H3. The van der Waals surface area contributed by atoms with E-state index >= 15 is 0 Å². The molecule has 0 saturated carbocycles. The molecule has 0 bridgehead atoms. The Kier molecular flexibility index (Phi) is 16.8. The summed E-state index contributed by atoms with van der Waals surface area (Å²) in [4.78, 5) is 0. The maximum atomic E-state index is 7.68. The molecule has 0 aliphatic heterocycles. The zero-order valence-corrected chi connectivity index (χ0v) is 47.6. The molecule has 9 aromatic rings. The first kappa shape index (κ1) is 53.6. The molecule has 0 radical (unpaired) electrons. The number of benzene rings is 9. The van der Waals surface area contributed by atoms with E-state index in [1.807, 2.05) is 0 Å². The van der Waals surface area contributed by atoms with Crippen molar-refractivity contribution in [3.8, 4) is 84.0 Å². The Labute approximate surface area is 456 Å². The van der Waals surface area contributed by atoms with Crippen LogP contribution in [0, 0.1) is 0 Å². The van der Waals surface area contributed by atoms with E-state index < -0.39 is 8.60 Å². The van der Waals surface area contributed by atoms with Crippen molar-refractivity contribution in [2.24, 2.45) is 0 Å². The molecular formula is C72H75O3P. The van der Waals surface area contributed by atoms with Crippen LogP contribution in [-0.2, 0) is 0 Å². The van der Waals surface area contributed by atoms with Gasteiger partial charge in [0.25, 0.3) is 0 Å². The maximum absolute atomic E-state index is 7.68. The van der Waals surface area contributed by atoms with Gasteiger partial charge in [0.2, 0.25) is 0 Å². The SMILES string of the molecule is CC(C)c1ccccc1-c1cccc(OP(Oc2cccc(-c3ccccc3C(C)C)c2-c2ccccc2C(C)C)Oc2cccc(-c3ccccc3C(C)C)c2-c2ccccc2C(C)C)c1-c1ccccc1C(C)C. The molecule has 0 saturated heterocycles. The lowest BCUT2D eigenvalue weighted by Crippen LogP contribution is -2.07. The van der Waals surface area contributed by atoms with Crippen LogP contribution >= 0.6 is 8.60 Å². The van der Waals surface area contributed by atoms with Gasteiger partial charge in [0.1, 0.15) is 17.2 Å². The third-order valence-corrected chi connectivity index (χ3v) is 15.8. The van der Waals surface area contributed by atoms with Gasteiger partial charge in [0.05, 0.1) is 0 Å². The van der Waals surface area contributed by atoms with Gasteiger partial charge in [-0.2, -0.15) is 0 Å². The number of hydrogen-bond acceptors (Lipinski definition) is 3. The van der Waals surface area contributed by atoms with Crippen molar-refractivity contribution in [1.29, 1.82) is 0 Å². The van der Waals surface area contributed by atoms with E-state index in [-0.39, 0.29) is 17.8 Å². The fraction of sp³-hybridized carbons (Fsp3) is 0.250. The molecule has 0 heterocycles. The first-order chi connectivity index (χ1) is 36.7. The summed E-state index contributed by atoms with van der Waals surface area (Å²) >= 11 is 0. The lowest BCUT2D eigenvalue weighted by molar-refractivity contribution is 0.390. The van der Waals surface area contributed by atoms with Crippen LogP contribution in [0.25, 0.3) is 66.8 Å². The van der Waals surface area contributed by atoms with Gasteiger partial charge in [-0.05, 0) is 137 Å². The summed E-state index contributed by atoms with van der Waals surface area (Å²) in [5.41, 5.74) is 20.8. The van der Waals surface area contributed by atoms with Crippen molar-refractivity contribution >= 4 is 8.60 Å². The van der Waals surface area contributed by atoms with Gasteiger partial charge in [0, 0.05) is 16.7 Å². The summed E-state index contributed by atoms with van der Waals surface area (Å²) in [6.45, 7) is 27.2. The fourth-order valence-electron chi connectivity index (χ4n) is 11.0. The molecule has 3 nitrogen and oxygen atoms in total. The Balaban J connectivity index is 1.35. The molecule has 9 aromatic carbocycles. The molecule has 9 rings (SSSR count). The summed E-state index contributed by atoms with van der Waals surface area (Å²) in [6, 6.07) is 72.2. The highest BCUT2D eigenvalue weighted by Crippen LogP contribution is 2.55.